The maximum Gasteiger partial charge on any atom is 0.223 e. The topological polar surface area (TPSA) is 51.9 Å². The second-order valence-electron chi connectivity index (χ2n) is 9.24. The fraction of sp³-hybridized carbons (Fsp3) is 0.360. The van der Waals surface area contributed by atoms with Crippen molar-refractivity contribution in [1.29, 1.82) is 0 Å². The van der Waals surface area contributed by atoms with E-state index in [1.807, 2.05) is 65.1 Å². The molecule has 6 nitrogen and oxygen atoms in total. The number of hydrogen-bond acceptors (Lipinski definition) is 5. The van der Waals surface area contributed by atoms with Gasteiger partial charge in [0.2, 0.25) is 5.88 Å². The van der Waals surface area contributed by atoms with E-state index in [0.717, 1.165) is 40.6 Å². The maximum absolute atomic E-state index is 6.91. The largest absolute Gasteiger partial charge is 0.470 e. The van der Waals surface area contributed by atoms with Crippen LogP contribution in [-0.4, -0.2) is 27.3 Å². The summed E-state index contributed by atoms with van der Waals surface area (Å²) in [5, 5.41) is 11.8. The summed E-state index contributed by atoms with van der Waals surface area (Å²) in [5.41, 5.74) is 4.03. The smallest absolute Gasteiger partial charge is 0.223 e. The van der Waals surface area contributed by atoms with Crippen LogP contribution in [0.15, 0.2) is 65.8 Å². The van der Waals surface area contributed by atoms with Crippen LogP contribution in [0.1, 0.15) is 38.4 Å². The Balaban J connectivity index is 1.50. The summed E-state index contributed by atoms with van der Waals surface area (Å²) < 4.78 is 15.7. The third-order valence-electron chi connectivity index (χ3n) is 6.87. The molecule has 2 aromatic carbocycles. The number of hydrazone groups is 1. The van der Waals surface area contributed by atoms with Crippen LogP contribution >= 0.6 is 0 Å². The summed E-state index contributed by atoms with van der Waals surface area (Å²) in [7, 11) is 0. The normalized spacial score (nSPS) is 31.0. The number of benzene rings is 2. The van der Waals surface area contributed by atoms with Gasteiger partial charge in [-0.1, -0.05) is 36.4 Å². The molecule has 6 heteroatoms. The van der Waals surface area contributed by atoms with Gasteiger partial charge in [0.1, 0.15) is 11.2 Å². The molecule has 1 aromatic heterocycles. The molecule has 0 spiro atoms. The van der Waals surface area contributed by atoms with Crippen molar-refractivity contribution in [3.8, 4) is 11.6 Å². The molecule has 1 saturated heterocycles. The number of fused-ring (bicyclic) bond motifs is 6. The molecule has 0 radical (unpaired) electrons. The SMILES string of the molecule is CC1=NN(c2ccccc2)[C@@H]2O[C@]3(C)C[C@](C)(Oc4c3c(C)nn4-c3ccccc3)[C@@H]12. The second-order valence-corrected chi connectivity index (χ2v) is 9.24. The monoisotopic (exact) mass is 414 g/mol. The number of aryl methyl sites for hydroxylation is 1. The minimum atomic E-state index is -0.520. The highest BCUT2D eigenvalue weighted by molar-refractivity contribution is 5.90. The van der Waals surface area contributed by atoms with Gasteiger partial charge in [-0.2, -0.15) is 10.2 Å². The van der Waals surface area contributed by atoms with E-state index in [-0.39, 0.29) is 12.1 Å². The fourth-order valence-corrected chi connectivity index (χ4v) is 5.79. The van der Waals surface area contributed by atoms with E-state index in [1.54, 1.807) is 0 Å². The molecule has 4 atom stereocenters. The summed E-state index contributed by atoms with van der Waals surface area (Å²) in [4.78, 5) is 0. The molecule has 0 saturated carbocycles. The summed E-state index contributed by atoms with van der Waals surface area (Å²) in [6.07, 6.45) is 0.532. The van der Waals surface area contributed by atoms with Crippen LogP contribution in [0.5, 0.6) is 5.88 Å². The Labute approximate surface area is 182 Å². The first-order valence-electron chi connectivity index (χ1n) is 10.8. The number of para-hydroxylation sites is 2. The first kappa shape index (κ1) is 18.6. The van der Waals surface area contributed by atoms with Crippen molar-refractivity contribution < 1.29 is 9.47 Å². The van der Waals surface area contributed by atoms with E-state index >= 15 is 0 Å². The van der Waals surface area contributed by atoms with Crippen molar-refractivity contribution in [3.63, 3.8) is 0 Å². The third kappa shape index (κ3) is 2.54. The summed E-state index contributed by atoms with van der Waals surface area (Å²) in [6, 6.07) is 20.4. The van der Waals surface area contributed by atoms with Crippen molar-refractivity contribution in [2.24, 2.45) is 11.0 Å². The maximum atomic E-state index is 6.91. The zero-order valence-corrected chi connectivity index (χ0v) is 18.2. The van der Waals surface area contributed by atoms with Gasteiger partial charge >= 0.3 is 0 Å². The number of hydrogen-bond donors (Lipinski definition) is 0. The van der Waals surface area contributed by atoms with Gasteiger partial charge in [0.25, 0.3) is 0 Å². The molecule has 3 aromatic rings. The highest BCUT2D eigenvalue weighted by atomic mass is 16.6. The predicted molar refractivity (Wildman–Crippen MR) is 120 cm³/mol. The number of nitrogens with zero attached hydrogens (tertiary/aromatic N) is 4. The summed E-state index contributed by atoms with van der Waals surface area (Å²) in [5.74, 6) is 0.803. The molecule has 0 N–H and O–H groups in total. The van der Waals surface area contributed by atoms with E-state index in [9.17, 15) is 0 Å². The number of rotatable bonds is 2. The molecule has 2 bridgehead atoms. The Morgan fingerprint density at radius 2 is 1.58 bits per heavy atom. The van der Waals surface area contributed by atoms with Crippen LogP contribution in [0.4, 0.5) is 5.69 Å². The molecule has 0 amide bonds. The fourth-order valence-electron chi connectivity index (χ4n) is 5.79. The number of aromatic nitrogens is 2. The zero-order valence-electron chi connectivity index (χ0n) is 18.2. The Kier molecular flexibility index (Phi) is 3.73. The van der Waals surface area contributed by atoms with Gasteiger partial charge < -0.3 is 9.47 Å². The van der Waals surface area contributed by atoms with Gasteiger partial charge in [-0.3, -0.25) is 0 Å². The lowest BCUT2D eigenvalue weighted by Crippen LogP contribution is -2.63. The van der Waals surface area contributed by atoms with E-state index < -0.39 is 11.2 Å². The van der Waals surface area contributed by atoms with E-state index in [4.69, 9.17) is 19.7 Å². The van der Waals surface area contributed by atoms with Gasteiger partial charge in [0.05, 0.1) is 28.6 Å². The lowest BCUT2D eigenvalue weighted by Gasteiger charge is -2.54. The molecule has 6 rings (SSSR count). The predicted octanol–water partition coefficient (Wildman–Crippen LogP) is 4.81. The molecule has 31 heavy (non-hydrogen) atoms. The highest BCUT2D eigenvalue weighted by Gasteiger charge is 2.63. The molecular formula is C25H26N4O2. The van der Waals surface area contributed by atoms with Crippen molar-refractivity contribution in [3.05, 3.63) is 71.9 Å². The molecule has 4 heterocycles. The Bertz CT molecular complexity index is 1190. The summed E-state index contributed by atoms with van der Waals surface area (Å²) in [6.45, 7) is 8.48. The van der Waals surface area contributed by atoms with Crippen LogP contribution < -0.4 is 9.75 Å². The average Bonchev–Trinajstić information content (AvgIpc) is 3.26. The minimum absolute atomic E-state index is 0.0216. The van der Waals surface area contributed by atoms with Gasteiger partial charge in [-0.25, -0.2) is 9.69 Å². The lowest BCUT2D eigenvalue weighted by molar-refractivity contribution is -0.212. The van der Waals surface area contributed by atoms with Crippen LogP contribution in [0.25, 0.3) is 5.69 Å². The van der Waals surface area contributed by atoms with Crippen LogP contribution in [0.2, 0.25) is 0 Å². The van der Waals surface area contributed by atoms with Gasteiger partial charge in [0, 0.05) is 12.1 Å². The molecule has 3 aliphatic rings. The molecule has 1 fully saturated rings. The summed E-state index contributed by atoms with van der Waals surface area (Å²) >= 11 is 0. The third-order valence-corrected chi connectivity index (χ3v) is 6.87. The van der Waals surface area contributed by atoms with Crippen LogP contribution in [0.3, 0.4) is 0 Å². The van der Waals surface area contributed by atoms with Crippen LogP contribution in [-0.2, 0) is 10.3 Å². The Morgan fingerprint density at radius 1 is 0.935 bits per heavy atom. The average molecular weight is 415 g/mol. The minimum Gasteiger partial charge on any atom is -0.470 e. The van der Waals surface area contributed by atoms with Crippen molar-refractivity contribution in [2.75, 3.05) is 5.01 Å². The zero-order chi connectivity index (χ0) is 21.4. The van der Waals surface area contributed by atoms with Crippen LogP contribution in [0, 0.1) is 12.8 Å². The van der Waals surface area contributed by atoms with E-state index in [1.165, 1.54) is 0 Å². The number of ether oxygens (including phenoxy) is 2. The van der Waals surface area contributed by atoms with Crippen molar-refractivity contribution in [2.45, 2.75) is 51.5 Å². The van der Waals surface area contributed by atoms with Gasteiger partial charge in [-0.05, 0) is 52.0 Å². The number of anilines is 1. The molecule has 0 unspecified atom stereocenters. The Hall–Kier alpha value is -3.12. The molecular weight excluding hydrogens is 388 g/mol. The van der Waals surface area contributed by atoms with E-state index in [0.29, 0.717) is 0 Å². The first-order chi connectivity index (χ1) is 14.9. The molecule has 0 aliphatic carbocycles. The lowest BCUT2D eigenvalue weighted by atomic mass is 9.70. The van der Waals surface area contributed by atoms with Gasteiger partial charge in [-0.15, -0.1) is 0 Å². The second kappa shape index (κ2) is 6.20. The quantitative estimate of drug-likeness (QED) is 0.604. The van der Waals surface area contributed by atoms with Crippen molar-refractivity contribution >= 4 is 11.4 Å². The van der Waals surface area contributed by atoms with Gasteiger partial charge in [0.15, 0.2) is 6.23 Å². The standard InChI is InChI=1S/C25H26N4O2/c1-16-20-22(28(26-16)18-11-7-5-8-12-18)30-25(4)15-24(20,3)31-23-21(25)17(2)27-29(23)19-13-9-6-10-14-19/h5-14,20,22H,15H2,1-4H3/t20-,22+,24-,25+/m0/s1. The first-order valence-corrected chi connectivity index (χ1v) is 10.8. The van der Waals surface area contributed by atoms with Crippen molar-refractivity contribution in [1.82, 2.24) is 9.78 Å². The van der Waals surface area contributed by atoms with E-state index in [2.05, 4.69) is 32.9 Å². The molecule has 3 aliphatic heterocycles. The highest BCUT2D eigenvalue weighted by Crippen LogP contribution is 2.57. The molecule has 158 valence electrons. The Morgan fingerprint density at radius 3 is 2.26 bits per heavy atom.